The van der Waals surface area contributed by atoms with Gasteiger partial charge in [0.05, 0.1) is 11.6 Å². The zero-order chi connectivity index (χ0) is 15.4. The van der Waals surface area contributed by atoms with E-state index in [1.807, 2.05) is 18.2 Å². The summed E-state index contributed by atoms with van der Waals surface area (Å²) in [5.41, 5.74) is 10.1. The van der Waals surface area contributed by atoms with Gasteiger partial charge in [-0.05, 0) is 57.1 Å². The van der Waals surface area contributed by atoms with Gasteiger partial charge in [0.25, 0.3) is 0 Å². The molecule has 112 valence electrons. The van der Waals surface area contributed by atoms with Crippen LogP contribution in [0.1, 0.15) is 42.5 Å². The van der Waals surface area contributed by atoms with Crippen LogP contribution in [0, 0.1) is 0 Å². The molecule has 1 unspecified atom stereocenters. The molecule has 0 fully saturated rings. The highest BCUT2D eigenvalue weighted by atomic mass is 79.9. The van der Waals surface area contributed by atoms with Crippen molar-refractivity contribution in [3.8, 4) is 5.75 Å². The molecule has 0 saturated carbocycles. The van der Waals surface area contributed by atoms with Crippen LogP contribution >= 0.6 is 15.9 Å². The van der Waals surface area contributed by atoms with Crippen molar-refractivity contribution in [2.24, 2.45) is 5.73 Å². The van der Waals surface area contributed by atoms with Crippen molar-refractivity contribution in [3.05, 3.63) is 63.6 Å². The first-order chi connectivity index (χ1) is 10.0. The fourth-order valence-corrected chi connectivity index (χ4v) is 2.88. The van der Waals surface area contributed by atoms with Crippen LogP contribution < -0.4 is 10.5 Å². The largest absolute Gasteiger partial charge is 0.496 e. The quantitative estimate of drug-likeness (QED) is 0.840. The molecule has 0 aliphatic heterocycles. The Balaban J connectivity index is 2.10. The Hall–Kier alpha value is -1.32. The van der Waals surface area contributed by atoms with Crippen molar-refractivity contribution in [1.82, 2.24) is 0 Å². The van der Waals surface area contributed by atoms with Gasteiger partial charge in [0.15, 0.2) is 0 Å². The van der Waals surface area contributed by atoms with E-state index in [4.69, 9.17) is 10.5 Å². The minimum absolute atomic E-state index is 0.0166. The third kappa shape index (κ3) is 4.08. The molecular weight excluding hydrogens is 326 g/mol. The molecule has 0 spiro atoms. The Bertz CT molecular complexity index is 593. The predicted octanol–water partition coefficient (Wildman–Crippen LogP) is 4.82. The van der Waals surface area contributed by atoms with Crippen LogP contribution in [0.4, 0.5) is 0 Å². The molecule has 21 heavy (non-hydrogen) atoms. The number of nitrogens with two attached hydrogens (primary N) is 1. The van der Waals surface area contributed by atoms with Crippen LogP contribution in [0.5, 0.6) is 5.75 Å². The maximum absolute atomic E-state index is 6.32. The highest BCUT2D eigenvalue weighted by molar-refractivity contribution is 9.10. The van der Waals surface area contributed by atoms with Crippen molar-refractivity contribution in [3.63, 3.8) is 0 Å². The Labute approximate surface area is 135 Å². The number of ether oxygens (including phenoxy) is 1. The number of hydrogen-bond donors (Lipinski definition) is 1. The van der Waals surface area contributed by atoms with E-state index in [1.165, 1.54) is 11.1 Å². The van der Waals surface area contributed by atoms with Crippen LogP contribution in [0.2, 0.25) is 0 Å². The number of rotatable bonds is 5. The Morgan fingerprint density at radius 2 is 1.67 bits per heavy atom. The van der Waals surface area contributed by atoms with E-state index < -0.39 is 0 Å². The van der Waals surface area contributed by atoms with Gasteiger partial charge in [-0.15, -0.1) is 0 Å². The molecule has 0 aromatic heterocycles. The molecule has 0 radical (unpaired) electrons. The number of halogens is 1. The van der Waals surface area contributed by atoms with Crippen LogP contribution in [0.3, 0.4) is 0 Å². The summed E-state index contributed by atoms with van der Waals surface area (Å²) in [6.07, 6.45) is 0.831. The molecule has 2 rings (SSSR count). The van der Waals surface area contributed by atoms with E-state index in [2.05, 4.69) is 54.0 Å². The lowest BCUT2D eigenvalue weighted by atomic mass is 9.96. The Morgan fingerprint density at radius 1 is 1.05 bits per heavy atom. The van der Waals surface area contributed by atoms with Crippen molar-refractivity contribution in [2.75, 3.05) is 7.11 Å². The SMILES string of the molecule is COc1ccc(C(N)Cc2ccc(C(C)C)cc2)cc1Br. The summed E-state index contributed by atoms with van der Waals surface area (Å²) in [5, 5.41) is 0. The van der Waals surface area contributed by atoms with Gasteiger partial charge in [-0.2, -0.15) is 0 Å². The monoisotopic (exact) mass is 347 g/mol. The number of hydrogen-bond acceptors (Lipinski definition) is 2. The molecule has 3 heteroatoms. The smallest absolute Gasteiger partial charge is 0.133 e. The van der Waals surface area contributed by atoms with Gasteiger partial charge in [-0.3, -0.25) is 0 Å². The summed E-state index contributed by atoms with van der Waals surface area (Å²) in [6.45, 7) is 4.41. The first-order valence-corrected chi connectivity index (χ1v) is 7.98. The Kier molecular flexibility index (Phi) is 5.43. The first-order valence-electron chi connectivity index (χ1n) is 7.19. The third-order valence-corrected chi connectivity index (χ3v) is 4.33. The fraction of sp³-hybridized carbons (Fsp3) is 0.333. The molecule has 2 nitrogen and oxygen atoms in total. The van der Waals surface area contributed by atoms with Gasteiger partial charge in [-0.25, -0.2) is 0 Å². The standard InChI is InChI=1S/C18H22BrNO/c1-12(2)14-6-4-13(5-7-14)10-17(20)15-8-9-18(21-3)16(19)11-15/h4-9,11-12,17H,10,20H2,1-3H3. The average Bonchev–Trinajstić information content (AvgIpc) is 2.47. The predicted molar refractivity (Wildman–Crippen MR) is 91.9 cm³/mol. The maximum Gasteiger partial charge on any atom is 0.133 e. The van der Waals surface area contributed by atoms with Gasteiger partial charge in [0.1, 0.15) is 5.75 Å². The highest BCUT2D eigenvalue weighted by Gasteiger charge is 2.10. The molecule has 2 aromatic rings. The Morgan fingerprint density at radius 3 is 2.19 bits per heavy atom. The molecule has 0 aliphatic carbocycles. The van der Waals surface area contributed by atoms with E-state index >= 15 is 0 Å². The second-order valence-electron chi connectivity index (χ2n) is 5.60. The average molecular weight is 348 g/mol. The van der Waals surface area contributed by atoms with Gasteiger partial charge < -0.3 is 10.5 Å². The van der Waals surface area contributed by atoms with Crippen molar-refractivity contribution < 1.29 is 4.74 Å². The summed E-state index contributed by atoms with van der Waals surface area (Å²) in [6, 6.07) is 14.7. The van der Waals surface area contributed by atoms with Crippen LogP contribution in [0.15, 0.2) is 46.9 Å². The lowest BCUT2D eigenvalue weighted by Crippen LogP contribution is -2.13. The lowest BCUT2D eigenvalue weighted by Gasteiger charge is -2.14. The summed E-state index contributed by atoms with van der Waals surface area (Å²) in [7, 11) is 1.66. The van der Waals surface area contributed by atoms with Gasteiger partial charge in [0.2, 0.25) is 0 Å². The van der Waals surface area contributed by atoms with E-state index in [9.17, 15) is 0 Å². The second kappa shape index (κ2) is 7.10. The fourth-order valence-electron chi connectivity index (χ4n) is 2.32. The summed E-state index contributed by atoms with van der Waals surface area (Å²) >= 11 is 3.51. The normalized spacial score (nSPS) is 12.5. The number of benzene rings is 2. The molecule has 0 aliphatic rings. The summed E-state index contributed by atoms with van der Waals surface area (Å²) in [5.74, 6) is 1.39. The van der Waals surface area contributed by atoms with E-state index in [-0.39, 0.29) is 6.04 Å². The van der Waals surface area contributed by atoms with Crippen LogP contribution in [-0.4, -0.2) is 7.11 Å². The minimum Gasteiger partial charge on any atom is -0.496 e. The first kappa shape index (κ1) is 16.1. The zero-order valence-corrected chi connectivity index (χ0v) is 14.4. The van der Waals surface area contributed by atoms with Gasteiger partial charge in [0, 0.05) is 6.04 Å². The molecule has 2 aromatic carbocycles. The van der Waals surface area contributed by atoms with Crippen molar-refractivity contribution >= 4 is 15.9 Å². The second-order valence-corrected chi connectivity index (χ2v) is 6.46. The molecular formula is C18H22BrNO. The third-order valence-electron chi connectivity index (χ3n) is 3.71. The maximum atomic E-state index is 6.32. The summed E-state index contributed by atoms with van der Waals surface area (Å²) in [4.78, 5) is 0. The lowest BCUT2D eigenvalue weighted by molar-refractivity contribution is 0.412. The zero-order valence-electron chi connectivity index (χ0n) is 12.8. The topological polar surface area (TPSA) is 35.2 Å². The van der Waals surface area contributed by atoms with Crippen LogP contribution in [-0.2, 0) is 6.42 Å². The minimum atomic E-state index is -0.0166. The molecule has 2 N–H and O–H groups in total. The molecule has 0 amide bonds. The van der Waals surface area contributed by atoms with Crippen molar-refractivity contribution in [2.45, 2.75) is 32.2 Å². The van der Waals surface area contributed by atoms with E-state index in [1.54, 1.807) is 7.11 Å². The van der Waals surface area contributed by atoms with Gasteiger partial charge in [-0.1, -0.05) is 44.2 Å². The molecule has 1 atom stereocenters. The summed E-state index contributed by atoms with van der Waals surface area (Å²) < 4.78 is 6.18. The highest BCUT2D eigenvalue weighted by Crippen LogP contribution is 2.28. The van der Waals surface area contributed by atoms with E-state index in [0.717, 1.165) is 22.2 Å². The van der Waals surface area contributed by atoms with Gasteiger partial charge >= 0.3 is 0 Å². The van der Waals surface area contributed by atoms with E-state index in [0.29, 0.717) is 5.92 Å². The van der Waals surface area contributed by atoms with Crippen LogP contribution in [0.25, 0.3) is 0 Å². The molecule has 0 heterocycles. The molecule has 0 saturated heterocycles. The van der Waals surface area contributed by atoms with Crippen molar-refractivity contribution in [1.29, 1.82) is 0 Å². The molecule has 0 bridgehead atoms. The number of methoxy groups -OCH3 is 1.